The van der Waals surface area contributed by atoms with Crippen molar-refractivity contribution in [2.24, 2.45) is 0 Å². The maximum atomic E-state index is 6.03. The van der Waals surface area contributed by atoms with Gasteiger partial charge in [0, 0.05) is 29.6 Å². The molecule has 0 saturated carbocycles. The highest BCUT2D eigenvalue weighted by atomic mass is 16.5. The summed E-state index contributed by atoms with van der Waals surface area (Å²) in [5, 5.41) is 0. The van der Waals surface area contributed by atoms with Gasteiger partial charge in [-0.15, -0.1) is 0 Å². The molecule has 4 rings (SSSR count). The van der Waals surface area contributed by atoms with Crippen molar-refractivity contribution in [2.45, 2.75) is 27.2 Å². The number of aryl methyl sites for hydroxylation is 3. The van der Waals surface area contributed by atoms with Crippen LogP contribution in [0.3, 0.4) is 0 Å². The van der Waals surface area contributed by atoms with Gasteiger partial charge >= 0.3 is 0 Å². The first-order chi connectivity index (χ1) is 12.1. The zero-order valence-corrected chi connectivity index (χ0v) is 14.5. The Bertz CT molecular complexity index is 933. The van der Waals surface area contributed by atoms with Crippen LogP contribution < -0.4 is 9.47 Å². The molecule has 0 N–H and O–H groups in total. The highest BCUT2D eigenvalue weighted by Crippen LogP contribution is 2.35. The third kappa shape index (κ3) is 2.82. The van der Waals surface area contributed by atoms with Gasteiger partial charge in [-0.05, 0) is 50.1 Å². The lowest BCUT2D eigenvalue weighted by atomic mass is 9.98. The number of hydrogen-bond acceptors (Lipinski definition) is 5. The maximum Gasteiger partial charge on any atom is 0.226 e. The Morgan fingerprint density at radius 3 is 2.56 bits per heavy atom. The molecule has 25 heavy (non-hydrogen) atoms. The van der Waals surface area contributed by atoms with Crippen LogP contribution in [0.15, 0.2) is 36.8 Å². The molecule has 1 aromatic carbocycles. The lowest BCUT2D eigenvalue weighted by molar-refractivity contribution is 0.356. The van der Waals surface area contributed by atoms with Crippen LogP contribution in [-0.4, -0.2) is 21.6 Å². The fourth-order valence-electron chi connectivity index (χ4n) is 3.25. The van der Waals surface area contributed by atoms with Gasteiger partial charge in [0.2, 0.25) is 5.88 Å². The van der Waals surface area contributed by atoms with Crippen LogP contribution in [0.2, 0.25) is 0 Å². The molecular weight excluding hydrogens is 314 g/mol. The molecule has 0 atom stereocenters. The fraction of sp³-hybridized carbons (Fsp3) is 0.250. The van der Waals surface area contributed by atoms with Crippen molar-refractivity contribution in [1.82, 2.24) is 15.0 Å². The highest BCUT2D eigenvalue weighted by molar-refractivity contribution is 5.72. The van der Waals surface area contributed by atoms with E-state index in [1.807, 2.05) is 32.0 Å². The zero-order chi connectivity index (χ0) is 17.4. The molecule has 0 unspecified atom stereocenters. The molecule has 0 saturated heterocycles. The summed E-state index contributed by atoms with van der Waals surface area (Å²) < 4.78 is 11.6. The summed E-state index contributed by atoms with van der Waals surface area (Å²) in [6.45, 7) is 6.76. The number of nitrogens with zero attached hydrogens (tertiary/aromatic N) is 3. The zero-order valence-electron chi connectivity index (χ0n) is 14.5. The maximum absolute atomic E-state index is 6.03. The van der Waals surface area contributed by atoms with Crippen molar-refractivity contribution in [3.05, 3.63) is 59.3 Å². The Balaban J connectivity index is 1.68. The van der Waals surface area contributed by atoms with E-state index < -0.39 is 0 Å². The van der Waals surface area contributed by atoms with Crippen molar-refractivity contribution >= 4 is 0 Å². The largest absolute Gasteiger partial charge is 0.493 e. The molecule has 0 fully saturated rings. The quantitative estimate of drug-likeness (QED) is 0.719. The molecule has 0 aliphatic carbocycles. The second-order valence-corrected chi connectivity index (χ2v) is 6.19. The summed E-state index contributed by atoms with van der Waals surface area (Å²) in [5.41, 5.74) is 6.30. The van der Waals surface area contributed by atoms with Crippen molar-refractivity contribution in [3.8, 4) is 28.5 Å². The SMILES string of the molecule is Cc1cc(Oc2nccc3c2CCO3)ccc1-c1c(C)ncnc1C. The molecule has 3 aromatic rings. The van der Waals surface area contributed by atoms with Crippen LogP contribution in [0, 0.1) is 20.8 Å². The molecule has 1 aliphatic heterocycles. The van der Waals surface area contributed by atoms with E-state index in [4.69, 9.17) is 9.47 Å². The third-order valence-electron chi connectivity index (χ3n) is 4.49. The summed E-state index contributed by atoms with van der Waals surface area (Å²) in [6.07, 6.45) is 4.15. The monoisotopic (exact) mass is 333 g/mol. The third-order valence-corrected chi connectivity index (χ3v) is 4.49. The van der Waals surface area contributed by atoms with Crippen LogP contribution in [0.4, 0.5) is 0 Å². The van der Waals surface area contributed by atoms with Gasteiger partial charge in [-0.1, -0.05) is 6.07 Å². The number of benzene rings is 1. The van der Waals surface area contributed by atoms with Crippen molar-refractivity contribution < 1.29 is 9.47 Å². The van der Waals surface area contributed by atoms with Gasteiger partial charge in [0.25, 0.3) is 0 Å². The molecule has 5 nitrogen and oxygen atoms in total. The summed E-state index contributed by atoms with van der Waals surface area (Å²) in [5.74, 6) is 2.25. The average Bonchev–Trinajstić information content (AvgIpc) is 3.06. The van der Waals surface area contributed by atoms with E-state index in [1.165, 1.54) is 0 Å². The lowest BCUT2D eigenvalue weighted by Gasteiger charge is -2.13. The lowest BCUT2D eigenvalue weighted by Crippen LogP contribution is -1.97. The van der Waals surface area contributed by atoms with E-state index >= 15 is 0 Å². The van der Waals surface area contributed by atoms with E-state index in [-0.39, 0.29) is 0 Å². The number of ether oxygens (including phenoxy) is 2. The van der Waals surface area contributed by atoms with Gasteiger partial charge in [0.05, 0.1) is 12.2 Å². The first-order valence-corrected chi connectivity index (χ1v) is 8.31. The normalized spacial score (nSPS) is 12.6. The molecule has 0 bridgehead atoms. The molecule has 0 radical (unpaired) electrons. The standard InChI is InChI=1S/C20H19N3O2/c1-12-10-15(25-20-17-7-9-24-18(17)6-8-21-20)4-5-16(12)19-13(2)22-11-23-14(19)3/h4-6,8,10-11H,7,9H2,1-3H3. The molecule has 2 aromatic heterocycles. The molecule has 0 amide bonds. The average molecular weight is 333 g/mol. The van der Waals surface area contributed by atoms with E-state index in [0.29, 0.717) is 12.5 Å². The summed E-state index contributed by atoms with van der Waals surface area (Å²) >= 11 is 0. The van der Waals surface area contributed by atoms with Crippen LogP contribution >= 0.6 is 0 Å². The van der Waals surface area contributed by atoms with Gasteiger partial charge in [-0.25, -0.2) is 15.0 Å². The van der Waals surface area contributed by atoms with Crippen LogP contribution in [-0.2, 0) is 6.42 Å². The minimum Gasteiger partial charge on any atom is -0.493 e. The second kappa shape index (κ2) is 6.16. The number of pyridine rings is 1. The molecule has 3 heterocycles. The Hall–Kier alpha value is -2.95. The summed E-state index contributed by atoms with van der Waals surface area (Å²) in [6, 6.07) is 7.93. The Labute approximate surface area is 146 Å². The Kier molecular flexibility index (Phi) is 3.84. The smallest absolute Gasteiger partial charge is 0.226 e. The van der Waals surface area contributed by atoms with Gasteiger partial charge in [0.15, 0.2) is 0 Å². The number of aromatic nitrogens is 3. The predicted octanol–water partition coefficient (Wildman–Crippen LogP) is 4.19. The van der Waals surface area contributed by atoms with Crippen LogP contribution in [0.25, 0.3) is 11.1 Å². The van der Waals surface area contributed by atoms with E-state index in [2.05, 4.69) is 27.9 Å². The minimum atomic E-state index is 0.623. The van der Waals surface area contributed by atoms with Crippen LogP contribution in [0.1, 0.15) is 22.5 Å². The van der Waals surface area contributed by atoms with Gasteiger partial charge in [0.1, 0.15) is 17.8 Å². The summed E-state index contributed by atoms with van der Waals surface area (Å²) in [7, 11) is 0. The topological polar surface area (TPSA) is 57.1 Å². The second-order valence-electron chi connectivity index (χ2n) is 6.19. The van der Waals surface area contributed by atoms with Crippen molar-refractivity contribution in [1.29, 1.82) is 0 Å². The number of fused-ring (bicyclic) bond motifs is 1. The van der Waals surface area contributed by atoms with Gasteiger partial charge in [-0.3, -0.25) is 0 Å². The number of rotatable bonds is 3. The van der Waals surface area contributed by atoms with Crippen molar-refractivity contribution in [3.63, 3.8) is 0 Å². The Morgan fingerprint density at radius 2 is 1.80 bits per heavy atom. The van der Waals surface area contributed by atoms with E-state index in [0.717, 1.165) is 51.6 Å². The van der Waals surface area contributed by atoms with Crippen LogP contribution in [0.5, 0.6) is 17.4 Å². The molecule has 5 heteroatoms. The first kappa shape index (κ1) is 15.6. The molecular formula is C20H19N3O2. The molecule has 0 spiro atoms. The fourth-order valence-corrected chi connectivity index (χ4v) is 3.25. The van der Waals surface area contributed by atoms with E-state index in [1.54, 1.807) is 12.5 Å². The molecule has 1 aliphatic rings. The van der Waals surface area contributed by atoms with E-state index in [9.17, 15) is 0 Å². The predicted molar refractivity (Wildman–Crippen MR) is 95.2 cm³/mol. The van der Waals surface area contributed by atoms with Gasteiger partial charge < -0.3 is 9.47 Å². The van der Waals surface area contributed by atoms with Crippen molar-refractivity contribution in [2.75, 3.05) is 6.61 Å². The number of hydrogen-bond donors (Lipinski definition) is 0. The minimum absolute atomic E-state index is 0.623. The highest BCUT2D eigenvalue weighted by Gasteiger charge is 2.19. The van der Waals surface area contributed by atoms with Gasteiger partial charge in [-0.2, -0.15) is 0 Å². The first-order valence-electron chi connectivity index (χ1n) is 8.31. The summed E-state index contributed by atoms with van der Waals surface area (Å²) in [4.78, 5) is 13.0. The molecule has 126 valence electrons. The Morgan fingerprint density at radius 1 is 1.00 bits per heavy atom.